The first-order chi connectivity index (χ1) is 8.27. The predicted octanol–water partition coefficient (Wildman–Crippen LogP) is 2.12. The molecule has 0 radical (unpaired) electrons. The average Bonchev–Trinajstić information content (AvgIpc) is 2.30. The summed E-state index contributed by atoms with van der Waals surface area (Å²) >= 11 is 0. The summed E-state index contributed by atoms with van der Waals surface area (Å²) in [5.74, 6) is 0.183. The van der Waals surface area contributed by atoms with E-state index in [1.54, 1.807) is 0 Å². The van der Waals surface area contributed by atoms with Crippen molar-refractivity contribution in [2.45, 2.75) is 51.4 Å². The Morgan fingerprint density at radius 3 is 2.71 bits per heavy atom. The van der Waals surface area contributed by atoms with E-state index in [9.17, 15) is 4.79 Å². The lowest BCUT2D eigenvalue weighted by atomic mass is 9.68. The number of rotatable bonds is 5. The van der Waals surface area contributed by atoms with Crippen LogP contribution in [-0.2, 0) is 4.79 Å². The van der Waals surface area contributed by atoms with Gasteiger partial charge in [-0.05, 0) is 44.9 Å². The first kappa shape index (κ1) is 12.6. The Hall–Kier alpha value is -0.830. The molecule has 3 heteroatoms. The Morgan fingerprint density at radius 1 is 1.35 bits per heavy atom. The zero-order valence-corrected chi connectivity index (χ0v) is 10.6. The minimum absolute atomic E-state index is 0.183. The van der Waals surface area contributed by atoms with E-state index < -0.39 is 0 Å². The molecule has 2 aliphatic rings. The monoisotopic (exact) mass is 236 g/mol. The highest BCUT2D eigenvalue weighted by molar-refractivity contribution is 5.83. The third-order valence-corrected chi connectivity index (χ3v) is 4.30. The van der Waals surface area contributed by atoms with E-state index in [-0.39, 0.29) is 11.3 Å². The van der Waals surface area contributed by atoms with E-state index in [1.165, 1.54) is 31.3 Å². The number of allylic oxidation sites excluding steroid dienone is 1. The molecular formula is C14H24N2O. The van der Waals surface area contributed by atoms with Gasteiger partial charge in [-0.1, -0.05) is 18.1 Å². The van der Waals surface area contributed by atoms with Crippen LogP contribution in [0.25, 0.3) is 0 Å². The Balaban J connectivity index is 1.71. The van der Waals surface area contributed by atoms with Crippen LogP contribution in [0.5, 0.6) is 0 Å². The van der Waals surface area contributed by atoms with Crippen LogP contribution in [0.4, 0.5) is 0 Å². The van der Waals surface area contributed by atoms with Crippen LogP contribution < -0.4 is 11.1 Å². The summed E-state index contributed by atoms with van der Waals surface area (Å²) in [6, 6.07) is 0. The molecule has 1 amide bonds. The minimum atomic E-state index is -0.221. The molecule has 2 aliphatic carbocycles. The van der Waals surface area contributed by atoms with Crippen molar-refractivity contribution in [3.8, 4) is 0 Å². The summed E-state index contributed by atoms with van der Waals surface area (Å²) in [6.07, 6.45) is 11.5. The predicted molar refractivity (Wildman–Crippen MR) is 69.5 cm³/mol. The van der Waals surface area contributed by atoms with Gasteiger partial charge in [0.25, 0.3) is 0 Å². The van der Waals surface area contributed by atoms with Crippen LogP contribution in [-0.4, -0.2) is 19.0 Å². The van der Waals surface area contributed by atoms with E-state index in [2.05, 4.69) is 11.4 Å². The topological polar surface area (TPSA) is 55.1 Å². The fourth-order valence-electron chi connectivity index (χ4n) is 2.78. The molecule has 0 heterocycles. The van der Waals surface area contributed by atoms with Gasteiger partial charge in [-0.25, -0.2) is 0 Å². The highest BCUT2D eigenvalue weighted by Gasteiger charge is 2.42. The molecule has 3 nitrogen and oxygen atoms in total. The second kappa shape index (κ2) is 5.67. The zero-order valence-electron chi connectivity index (χ0n) is 10.6. The van der Waals surface area contributed by atoms with Gasteiger partial charge in [0.15, 0.2) is 0 Å². The van der Waals surface area contributed by atoms with E-state index >= 15 is 0 Å². The molecule has 96 valence electrons. The van der Waals surface area contributed by atoms with Crippen molar-refractivity contribution >= 4 is 5.91 Å². The number of hydrogen-bond acceptors (Lipinski definition) is 2. The van der Waals surface area contributed by atoms with Gasteiger partial charge < -0.3 is 11.1 Å². The van der Waals surface area contributed by atoms with Gasteiger partial charge in [-0.3, -0.25) is 4.79 Å². The molecular weight excluding hydrogens is 212 g/mol. The van der Waals surface area contributed by atoms with Crippen molar-refractivity contribution in [2.24, 2.45) is 11.1 Å². The van der Waals surface area contributed by atoms with E-state index in [4.69, 9.17) is 5.73 Å². The second-order valence-electron chi connectivity index (χ2n) is 5.45. The molecule has 0 unspecified atom stereocenters. The number of nitrogens with two attached hydrogens (primary N) is 1. The number of carbonyl (C=O) groups is 1. The Bertz CT molecular complexity index is 300. The van der Waals surface area contributed by atoms with Gasteiger partial charge in [0.05, 0.1) is 5.41 Å². The van der Waals surface area contributed by atoms with Gasteiger partial charge in [0.1, 0.15) is 0 Å². The maximum absolute atomic E-state index is 12.0. The zero-order chi connectivity index (χ0) is 12.1. The van der Waals surface area contributed by atoms with E-state index in [0.717, 1.165) is 32.2 Å². The summed E-state index contributed by atoms with van der Waals surface area (Å²) in [6.45, 7) is 1.29. The quantitative estimate of drug-likeness (QED) is 0.718. The smallest absolute Gasteiger partial charge is 0.227 e. The van der Waals surface area contributed by atoms with Crippen LogP contribution in [0.2, 0.25) is 0 Å². The molecule has 0 aromatic carbocycles. The highest BCUT2D eigenvalue weighted by Crippen LogP contribution is 2.39. The maximum atomic E-state index is 12.0. The lowest BCUT2D eigenvalue weighted by molar-refractivity contribution is -0.135. The third kappa shape index (κ3) is 2.89. The lowest BCUT2D eigenvalue weighted by Gasteiger charge is -2.39. The largest absolute Gasteiger partial charge is 0.355 e. The molecule has 0 aromatic heterocycles. The summed E-state index contributed by atoms with van der Waals surface area (Å²) in [5.41, 5.74) is 7.01. The molecule has 1 fully saturated rings. The van der Waals surface area contributed by atoms with Crippen molar-refractivity contribution in [1.29, 1.82) is 0 Å². The van der Waals surface area contributed by atoms with Gasteiger partial charge in [-0.2, -0.15) is 0 Å². The Kier molecular flexibility index (Phi) is 4.21. The van der Waals surface area contributed by atoms with Crippen LogP contribution >= 0.6 is 0 Å². The van der Waals surface area contributed by atoms with Crippen molar-refractivity contribution in [1.82, 2.24) is 5.32 Å². The van der Waals surface area contributed by atoms with Crippen molar-refractivity contribution in [3.05, 3.63) is 11.6 Å². The Morgan fingerprint density at radius 2 is 2.18 bits per heavy atom. The van der Waals surface area contributed by atoms with Crippen molar-refractivity contribution in [3.63, 3.8) is 0 Å². The number of carbonyl (C=O) groups excluding carboxylic acids is 1. The molecule has 0 bridgehead atoms. The first-order valence-corrected chi connectivity index (χ1v) is 6.93. The molecule has 3 N–H and O–H groups in total. The van der Waals surface area contributed by atoms with Gasteiger partial charge >= 0.3 is 0 Å². The summed E-state index contributed by atoms with van der Waals surface area (Å²) < 4.78 is 0. The van der Waals surface area contributed by atoms with Gasteiger partial charge in [0, 0.05) is 13.1 Å². The first-order valence-electron chi connectivity index (χ1n) is 6.93. The summed E-state index contributed by atoms with van der Waals surface area (Å²) in [4.78, 5) is 12.0. The SMILES string of the molecule is NCC1(C(=O)NCCC2=CCCCC2)CCC1. The van der Waals surface area contributed by atoms with Crippen LogP contribution in [0.15, 0.2) is 11.6 Å². The number of amides is 1. The van der Waals surface area contributed by atoms with Crippen LogP contribution in [0, 0.1) is 5.41 Å². The molecule has 0 atom stereocenters. The molecule has 2 rings (SSSR count). The minimum Gasteiger partial charge on any atom is -0.355 e. The molecule has 0 aromatic rings. The maximum Gasteiger partial charge on any atom is 0.227 e. The second-order valence-corrected chi connectivity index (χ2v) is 5.45. The van der Waals surface area contributed by atoms with Gasteiger partial charge in [-0.15, -0.1) is 0 Å². The molecule has 0 aliphatic heterocycles. The molecule has 0 spiro atoms. The van der Waals surface area contributed by atoms with E-state index in [0.29, 0.717) is 6.54 Å². The van der Waals surface area contributed by atoms with Crippen LogP contribution in [0.1, 0.15) is 51.4 Å². The normalized spacial score (nSPS) is 22.5. The molecule has 1 saturated carbocycles. The fraction of sp³-hybridized carbons (Fsp3) is 0.786. The Labute approximate surface area is 104 Å². The number of hydrogen-bond donors (Lipinski definition) is 2. The van der Waals surface area contributed by atoms with Gasteiger partial charge in [0.2, 0.25) is 5.91 Å². The average molecular weight is 236 g/mol. The molecule has 0 saturated heterocycles. The molecule has 17 heavy (non-hydrogen) atoms. The highest BCUT2D eigenvalue weighted by atomic mass is 16.2. The standard InChI is InChI=1S/C14H24N2O/c15-11-14(8-4-9-14)13(17)16-10-7-12-5-2-1-3-6-12/h5H,1-4,6-11,15H2,(H,16,17). The third-order valence-electron chi connectivity index (χ3n) is 4.30. The summed E-state index contributed by atoms with van der Waals surface area (Å²) in [5, 5.41) is 3.06. The van der Waals surface area contributed by atoms with E-state index in [1.807, 2.05) is 0 Å². The summed E-state index contributed by atoms with van der Waals surface area (Å²) in [7, 11) is 0. The number of nitrogens with one attached hydrogen (secondary N) is 1. The van der Waals surface area contributed by atoms with Crippen molar-refractivity contribution in [2.75, 3.05) is 13.1 Å². The van der Waals surface area contributed by atoms with Crippen LogP contribution in [0.3, 0.4) is 0 Å². The fourth-order valence-corrected chi connectivity index (χ4v) is 2.78. The lowest BCUT2D eigenvalue weighted by Crippen LogP contribution is -2.50. The van der Waals surface area contributed by atoms with Crippen molar-refractivity contribution < 1.29 is 4.79 Å².